The number of rotatable bonds is 6. The average molecular weight is 337 g/mol. The topological polar surface area (TPSA) is 49.3 Å². The van der Waals surface area contributed by atoms with E-state index in [1.165, 1.54) is 19.3 Å². The van der Waals surface area contributed by atoms with Crippen LogP contribution in [0, 0.1) is 5.92 Å². The minimum Gasteiger partial charge on any atom is -0.391 e. The van der Waals surface area contributed by atoms with Crippen LogP contribution in [0.3, 0.4) is 0 Å². The van der Waals surface area contributed by atoms with Crippen LogP contribution in [0.1, 0.15) is 49.1 Å². The van der Waals surface area contributed by atoms with Gasteiger partial charge in [-0.25, -0.2) is 0 Å². The second kappa shape index (κ2) is 8.82. The third kappa shape index (κ3) is 4.70. The van der Waals surface area contributed by atoms with Crippen LogP contribution < -0.4 is 5.32 Å². The Morgan fingerprint density at radius 2 is 1.44 bits per heavy atom. The molecule has 2 aromatic carbocycles. The van der Waals surface area contributed by atoms with Gasteiger partial charge in [0.1, 0.15) is 0 Å². The SMILES string of the molecule is O=C(NC[C@H](O)C1CCCCC1)C(c1ccccc1)c1ccccc1. The van der Waals surface area contributed by atoms with Gasteiger partial charge in [0.05, 0.1) is 12.0 Å². The van der Waals surface area contributed by atoms with Gasteiger partial charge in [-0.3, -0.25) is 4.79 Å². The monoisotopic (exact) mass is 337 g/mol. The molecule has 0 unspecified atom stereocenters. The summed E-state index contributed by atoms with van der Waals surface area (Å²) in [7, 11) is 0. The lowest BCUT2D eigenvalue weighted by molar-refractivity contribution is -0.122. The van der Waals surface area contributed by atoms with E-state index in [0.717, 1.165) is 24.0 Å². The molecular formula is C22H27NO2. The van der Waals surface area contributed by atoms with Gasteiger partial charge >= 0.3 is 0 Å². The predicted molar refractivity (Wildman–Crippen MR) is 100 cm³/mol. The van der Waals surface area contributed by atoms with Crippen molar-refractivity contribution in [3.05, 3.63) is 71.8 Å². The number of aliphatic hydroxyl groups is 1. The zero-order chi connectivity index (χ0) is 17.5. The summed E-state index contributed by atoms with van der Waals surface area (Å²) < 4.78 is 0. The summed E-state index contributed by atoms with van der Waals surface area (Å²) in [5.41, 5.74) is 1.94. The van der Waals surface area contributed by atoms with E-state index in [1.54, 1.807) is 0 Å². The summed E-state index contributed by atoms with van der Waals surface area (Å²) in [4.78, 5) is 12.9. The Morgan fingerprint density at radius 3 is 1.96 bits per heavy atom. The molecule has 0 aliphatic heterocycles. The van der Waals surface area contributed by atoms with Gasteiger partial charge in [0.2, 0.25) is 5.91 Å². The normalized spacial score (nSPS) is 16.6. The van der Waals surface area contributed by atoms with Crippen molar-refractivity contribution in [3.8, 4) is 0 Å². The highest BCUT2D eigenvalue weighted by atomic mass is 16.3. The van der Waals surface area contributed by atoms with Crippen molar-refractivity contribution < 1.29 is 9.90 Å². The Kier molecular flexibility index (Phi) is 6.24. The van der Waals surface area contributed by atoms with E-state index in [9.17, 15) is 9.90 Å². The quantitative estimate of drug-likeness (QED) is 0.840. The highest BCUT2D eigenvalue weighted by Crippen LogP contribution is 2.27. The molecule has 25 heavy (non-hydrogen) atoms. The number of nitrogens with one attached hydrogen (secondary N) is 1. The molecule has 3 rings (SSSR count). The zero-order valence-corrected chi connectivity index (χ0v) is 14.6. The molecule has 1 saturated carbocycles. The number of amides is 1. The van der Waals surface area contributed by atoms with E-state index in [1.807, 2.05) is 60.7 Å². The highest BCUT2D eigenvalue weighted by molar-refractivity contribution is 5.87. The van der Waals surface area contributed by atoms with Gasteiger partial charge in [-0.1, -0.05) is 79.9 Å². The maximum Gasteiger partial charge on any atom is 0.232 e. The maximum atomic E-state index is 12.9. The standard InChI is InChI=1S/C22H27NO2/c24-20(17-10-4-1-5-11-17)16-23-22(25)21(18-12-6-2-7-13-18)19-14-8-3-9-15-19/h2-3,6-9,12-15,17,20-21,24H,1,4-5,10-11,16H2,(H,23,25)/t20-/m0/s1. The molecule has 0 radical (unpaired) electrons. The second-order valence-electron chi connectivity index (χ2n) is 6.96. The van der Waals surface area contributed by atoms with Crippen LogP contribution in [0.2, 0.25) is 0 Å². The summed E-state index contributed by atoms with van der Waals surface area (Å²) >= 11 is 0. The molecule has 1 aliphatic carbocycles. The molecule has 0 aromatic heterocycles. The molecule has 0 heterocycles. The third-order valence-electron chi connectivity index (χ3n) is 5.21. The lowest BCUT2D eigenvalue weighted by atomic mass is 9.85. The average Bonchev–Trinajstić information content (AvgIpc) is 2.69. The molecule has 0 spiro atoms. The number of carbonyl (C=O) groups excluding carboxylic acids is 1. The summed E-state index contributed by atoms with van der Waals surface area (Å²) in [5, 5.41) is 13.4. The number of carbonyl (C=O) groups is 1. The Bertz CT molecular complexity index is 611. The molecule has 2 aromatic rings. The molecule has 2 N–H and O–H groups in total. The van der Waals surface area contributed by atoms with E-state index < -0.39 is 6.10 Å². The summed E-state index contributed by atoms with van der Waals surface area (Å²) in [6, 6.07) is 19.6. The van der Waals surface area contributed by atoms with Gasteiger partial charge in [-0.05, 0) is 29.9 Å². The van der Waals surface area contributed by atoms with Crippen molar-refractivity contribution in [2.24, 2.45) is 5.92 Å². The van der Waals surface area contributed by atoms with Crippen molar-refractivity contribution in [1.82, 2.24) is 5.32 Å². The Balaban J connectivity index is 1.69. The first kappa shape index (κ1) is 17.7. The lowest BCUT2D eigenvalue weighted by Gasteiger charge is -2.27. The molecule has 3 nitrogen and oxygen atoms in total. The lowest BCUT2D eigenvalue weighted by Crippen LogP contribution is -2.39. The summed E-state index contributed by atoms with van der Waals surface area (Å²) in [6.07, 6.45) is 5.32. The molecule has 1 amide bonds. The minimum absolute atomic E-state index is 0.0488. The van der Waals surface area contributed by atoms with Gasteiger partial charge in [0.25, 0.3) is 0 Å². The van der Waals surface area contributed by atoms with Gasteiger partial charge in [-0.15, -0.1) is 0 Å². The first-order chi connectivity index (χ1) is 12.3. The zero-order valence-electron chi connectivity index (χ0n) is 14.6. The molecule has 1 aliphatic rings. The molecular weight excluding hydrogens is 310 g/mol. The molecule has 0 saturated heterocycles. The number of hydrogen-bond donors (Lipinski definition) is 2. The fourth-order valence-corrected chi connectivity index (χ4v) is 3.78. The first-order valence-corrected chi connectivity index (χ1v) is 9.31. The van der Waals surface area contributed by atoms with E-state index in [0.29, 0.717) is 12.5 Å². The Hall–Kier alpha value is -2.13. The van der Waals surface area contributed by atoms with Crippen molar-refractivity contribution in [3.63, 3.8) is 0 Å². The van der Waals surface area contributed by atoms with E-state index in [-0.39, 0.29) is 11.8 Å². The van der Waals surface area contributed by atoms with Gasteiger partial charge in [0.15, 0.2) is 0 Å². The number of hydrogen-bond acceptors (Lipinski definition) is 2. The van der Waals surface area contributed by atoms with Crippen LogP contribution in [0.5, 0.6) is 0 Å². The summed E-state index contributed by atoms with van der Waals surface area (Å²) in [5.74, 6) is -0.0748. The molecule has 1 atom stereocenters. The smallest absolute Gasteiger partial charge is 0.232 e. The predicted octanol–water partition coefficient (Wildman–Crippen LogP) is 3.88. The Morgan fingerprint density at radius 1 is 0.920 bits per heavy atom. The van der Waals surface area contributed by atoms with Crippen LogP contribution >= 0.6 is 0 Å². The maximum absolute atomic E-state index is 12.9. The van der Waals surface area contributed by atoms with Crippen LogP contribution in [0.25, 0.3) is 0 Å². The van der Waals surface area contributed by atoms with Crippen molar-refractivity contribution in [2.75, 3.05) is 6.54 Å². The Labute approximate surface area is 150 Å². The van der Waals surface area contributed by atoms with Crippen LogP contribution in [-0.4, -0.2) is 23.7 Å². The molecule has 132 valence electrons. The minimum atomic E-state index is -0.448. The third-order valence-corrected chi connectivity index (χ3v) is 5.21. The van der Waals surface area contributed by atoms with Crippen LogP contribution in [0.4, 0.5) is 0 Å². The van der Waals surface area contributed by atoms with Crippen LogP contribution in [-0.2, 0) is 4.79 Å². The fourth-order valence-electron chi connectivity index (χ4n) is 3.78. The van der Waals surface area contributed by atoms with Gasteiger partial charge in [0, 0.05) is 6.54 Å². The van der Waals surface area contributed by atoms with Crippen molar-refractivity contribution in [1.29, 1.82) is 0 Å². The van der Waals surface area contributed by atoms with Crippen molar-refractivity contribution >= 4 is 5.91 Å². The largest absolute Gasteiger partial charge is 0.391 e. The highest BCUT2D eigenvalue weighted by Gasteiger charge is 2.25. The van der Waals surface area contributed by atoms with Gasteiger partial charge < -0.3 is 10.4 Å². The van der Waals surface area contributed by atoms with Crippen molar-refractivity contribution in [2.45, 2.75) is 44.1 Å². The number of aliphatic hydroxyl groups excluding tert-OH is 1. The van der Waals surface area contributed by atoms with E-state index >= 15 is 0 Å². The van der Waals surface area contributed by atoms with E-state index in [4.69, 9.17) is 0 Å². The van der Waals surface area contributed by atoms with Crippen LogP contribution in [0.15, 0.2) is 60.7 Å². The fraction of sp³-hybridized carbons (Fsp3) is 0.409. The van der Waals surface area contributed by atoms with E-state index in [2.05, 4.69) is 5.32 Å². The molecule has 1 fully saturated rings. The number of benzene rings is 2. The molecule has 0 bridgehead atoms. The second-order valence-corrected chi connectivity index (χ2v) is 6.96. The summed E-state index contributed by atoms with van der Waals surface area (Å²) in [6.45, 7) is 0.333. The van der Waals surface area contributed by atoms with Gasteiger partial charge in [-0.2, -0.15) is 0 Å². The first-order valence-electron chi connectivity index (χ1n) is 9.31. The molecule has 3 heteroatoms.